The van der Waals surface area contributed by atoms with Crippen LogP contribution in [0, 0.1) is 12.7 Å². The number of nitrogens with zero attached hydrogens (tertiary/aromatic N) is 5. The summed E-state index contributed by atoms with van der Waals surface area (Å²) in [6, 6.07) is 15.5. The van der Waals surface area contributed by atoms with Gasteiger partial charge in [0, 0.05) is 11.3 Å². The van der Waals surface area contributed by atoms with Crippen LogP contribution in [0.5, 0.6) is 0 Å². The fourth-order valence-corrected chi connectivity index (χ4v) is 4.49. The van der Waals surface area contributed by atoms with Crippen molar-refractivity contribution in [1.29, 1.82) is 0 Å². The molecule has 4 heterocycles. The summed E-state index contributed by atoms with van der Waals surface area (Å²) < 4.78 is 16.3. The molecule has 1 atom stereocenters. The highest BCUT2D eigenvalue weighted by Gasteiger charge is 2.29. The Hall–Kier alpha value is -4.44. The molecule has 4 N–H and O–H groups in total. The second-order valence-electron chi connectivity index (χ2n) is 8.48. The molecule has 0 aliphatic heterocycles. The van der Waals surface area contributed by atoms with E-state index in [1.807, 2.05) is 50.2 Å². The van der Waals surface area contributed by atoms with E-state index < -0.39 is 17.5 Å². The van der Waals surface area contributed by atoms with Crippen LogP contribution in [0.2, 0.25) is 0 Å². The molecule has 182 valence electrons. The molecule has 0 aliphatic carbocycles. The van der Waals surface area contributed by atoms with E-state index in [4.69, 9.17) is 5.73 Å². The number of hydrogen-bond acceptors (Lipinski definition) is 6. The second-order valence-corrected chi connectivity index (χ2v) is 8.48. The number of aromatic amines is 1. The number of hydrogen-bond donors (Lipinski definition) is 3. The van der Waals surface area contributed by atoms with Crippen molar-refractivity contribution in [2.75, 3.05) is 5.73 Å². The molecular weight excluding hydrogens is 461 g/mol. The maximum absolute atomic E-state index is 13.6. The molecular formula is C26H25FN7O2+. The first-order valence-electron chi connectivity index (χ1n) is 11.5. The lowest BCUT2D eigenvalue weighted by Crippen LogP contribution is -2.45. The molecule has 4 aromatic heterocycles. The Bertz CT molecular complexity index is 1610. The summed E-state index contributed by atoms with van der Waals surface area (Å²) >= 11 is 0. The van der Waals surface area contributed by atoms with Crippen LogP contribution >= 0.6 is 0 Å². The average molecular weight is 487 g/mol. The minimum Gasteiger partial charge on any atom is -0.390 e. The molecule has 10 heteroatoms. The number of aliphatic hydroxyl groups is 1. The van der Waals surface area contributed by atoms with Crippen LogP contribution < -0.4 is 15.8 Å². The Morgan fingerprint density at radius 3 is 2.58 bits per heavy atom. The highest BCUT2D eigenvalue weighted by molar-refractivity contribution is 5.88. The first kappa shape index (κ1) is 23.3. The lowest BCUT2D eigenvalue weighted by molar-refractivity contribution is -0.517. The number of halogens is 1. The maximum atomic E-state index is 13.6. The molecule has 1 aromatic carbocycles. The molecule has 0 radical (unpaired) electrons. The summed E-state index contributed by atoms with van der Waals surface area (Å²) in [6.45, 7) is 3.51. The van der Waals surface area contributed by atoms with E-state index in [2.05, 4.69) is 20.1 Å². The van der Waals surface area contributed by atoms with Gasteiger partial charge in [-0.05, 0) is 43.2 Å². The number of nitrogens with two attached hydrogens (primary N) is 1. The molecule has 5 rings (SSSR count). The van der Waals surface area contributed by atoms with Crippen molar-refractivity contribution in [3.8, 4) is 22.4 Å². The van der Waals surface area contributed by atoms with Crippen LogP contribution in [-0.2, 0) is 6.61 Å². The number of nitrogens with one attached hydrogen (secondary N) is 1. The molecule has 0 amide bonds. The van der Waals surface area contributed by atoms with Crippen LogP contribution in [0.3, 0.4) is 0 Å². The van der Waals surface area contributed by atoms with Crippen LogP contribution in [0.4, 0.5) is 10.3 Å². The van der Waals surface area contributed by atoms with Crippen molar-refractivity contribution in [2.45, 2.75) is 32.9 Å². The van der Waals surface area contributed by atoms with E-state index >= 15 is 0 Å². The van der Waals surface area contributed by atoms with E-state index in [0.717, 1.165) is 17.3 Å². The number of aromatic nitrogens is 6. The maximum Gasteiger partial charge on any atom is 0.428 e. The first-order valence-corrected chi connectivity index (χ1v) is 11.5. The third-order valence-corrected chi connectivity index (χ3v) is 6.07. The largest absolute Gasteiger partial charge is 0.428 e. The van der Waals surface area contributed by atoms with E-state index in [9.17, 15) is 14.3 Å². The van der Waals surface area contributed by atoms with Gasteiger partial charge in [-0.25, -0.2) is 14.3 Å². The average Bonchev–Trinajstić information content (AvgIpc) is 3.22. The van der Waals surface area contributed by atoms with Crippen molar-refractivity contribution >= 4 is 11.6 Å². The van der Waals surface area contributed by atoms with Crippen LogP contribution in [0.25, 0.3) is 28.0 Å². The number of H-pyrrole nitrogens is 1. The third kappa shape index (κ3) is 4.01. The monoisotopic (exact) mass is 486 g/mol. The Morgan fingerprint density at radius 2 is 1.92 bits per heavy atom. The number of aryl methyl sites for hydroxylation is 1. The zero-order chi connectivity index (χ0) is 25.4. The van der Waals surface area contributed by atoms with Gasteiger partial charge in [-0.3, -0.25) is 9.97 Å². The van der Waals surface area contributed by atoms with Crippen LogP contribution in [0.1, 0.15) is 36.5 Å². The minimum atomic E-state index is -0.488. The topological polar surface area (TPSA) is 127 Å². The summed E-state index contributed by atoms with van der Waals surface area (Å²) in [7, 11) is 0. The summed E-state index contributed by atoms with van der Waals surface area (Å²) in [4.78, 5) is 26.8. The quantitative estimate of drug-likeness (QED) is 0.317. The summed E-state index contributed by atoms with van der Waals surface area (Å²) in [5, 5.41) is 13.0. The molecule has 5 aromatic rings. The van der Waals surface area contributed by atoms with Gasteiger partial charge >= 0.3 is 11.6 Å². The van der Waals surface area contributed by atoms with Gasteiger partial charge < -0.3 is 10.8 Å². The number of anilines is 1. The van der Waals surface area contributed by atoms with Crippen LogP contribution in [0.15, 0.2) is 65.6 Å². The zero-order valence-corrected chi connectivity index (χ0v) is 19.8. The summed E-state index contributed by atoms with van der Waals surface area (Å²) in [5.74, 6) is -0.439. The highest BCUT2D eigenvalue weighted by Crippen LogP contribution is 2.33. The fraction of sp³-hybridized carbons (Fsp3) is 0.192. The van der Waals surface area contributed by atoms with Gasteiger partial charge in [0.15, 0.2) is 0 Å². The first-order chi connectivity index (χ1) is 17.4. The number of benzene rings is 1. The lowest BCUT2D eigenvalue weighted by Gasteiger charge is -2.11. The number of pyridine rings is 2. The normalized spacial score (nSPS) is 12.2. The molecule has 0 saturated carbocycles. The molecule has 0 saturated heterocycles. The predicted molar refractivity (Wildman–Crippen MR) is 132 cm³/mol. The SMILES string of the molecule is CCC(c1ccc(F)cn1)n1[nH]c2c(-c3cc(C)nc(CO)c3)c(-c3ccccc3)nc(N)[n+]2c1=O. The Morgan fingerprint density at radius 1 is 1.14 bits per heavy atom. The second kappa shape index (κ2) is 9.31. The molecule has 0 fully saturated rings. The molecule has 0 aliphatic rings. The fourth-order valence-electron chi connectivity index (χ4n) is 4.49. The number of fused-ring (bicyclic) bond motifs is 1. The molecule has 36 heavy (non-hydrogen) atoms. The van der Waals surface area contributed by atoms with Gasteiger partial charge in [0.25, 0.3) is 0 Å². The number of nitrogen functional groups attached to an aromatic ring is 1. The van der Waals surface area contributed by atoms with E-state index in [1.165, 1.54) is 15.1 Å². The highest BCUT2D eigenvalue weighted by atomic mass is 19.1. The number of aliphatic hydroxyl groups excluding tert-OH is 1. The van der Waals surface area contributed by atoms with Gasteiger partial charge in [0.1, 0.15) is 17.6 Å². The molecule has 9 nitrogen and oxygen atoms in total. The van der Waals surface area contributed by atoms with E-state index in [-0.39, 0.29) is 12.6 Å². The Labute approximate surface area is 205 Å². The van der Waals surface area contributed by atoms with Gasteiger partial charge in [0.2, 0.25) is 5.65 Å². The minimum absolute atomic E-state index is 0.0164. The summed E-state index contributed by atoms with van der Waals surface area (Å²) in [6.07, 6.45) is 1.65. The van der Waals surface area contributed by atoms with Crippen molar-refractivity contribution in [3.05, 3.63) is 94.2 Å². The van der Waals surface area contributed by atoms with Gasteiger partial charge in [-0.1, -0.05) is 37.3 Å². The van der Waals surface area contributed by atoms with Crippen molar-refractivity contribution in [1.82, 2.24) is 24.7 Å². The Kier molecular flexibility index (Phi) is 6.03. The smallest absolute Gasteiger partial charge is 0.390 e. The van der Waals surface area contributed by atoms with Crippen molar-refractivity contribution < 1.29 is 13.9 Å². The van der Waals surface area contributed by atoms with E-state index in [1.54, 1.807) is 12.1 Å². The van der Waals surface area contributed by atoms with Crippen LogP contribution in [-0.4, -0.2) is 29.8 Å². The predicted octanol–water partition coefficient (Wildman–Crippen LogP) is 2.96. The third-order valence-electron chi connectivity index (χ3n) is 6.07. The lowest BCUT2D eigenvalue weighted by atomic mass is 9.99. The molecule has 0 bridgehead atoms. The summed E-state index contributed by atoms with van der Waals surface area (Å²) in [5.41, 5.74) is 10.8. The van der Waals surface area contributed by atoms with Gasteiger partial charge in [0.05, 0.1) is 29.8 Å². The molecule has 0 spiro atoms. The van der Waals surface area contributed by atoms with Gasteiger partial charge in [-0.15, -0.1) is 9.38 Å². The molecule has 1 unspecified atom stereocenters. The van der Waals surface area contributed by atoms with Crippen molar-refractivity contribution in [2.24, 2.45) is 0 Å². The van der Waals surface area contributed by atoms with Crippen molar-refractivity contribution in [3.63, 3.8) is 0 Å². The van der Waals surface area contributed by atoms with E-state index in [0.29, 0.717) is 40.4 Å². The van der Waals surface area contributed by atoms with Gasteiger partial charge in [-0.2, -0.15) is 4.68 Å². The number of rotatable bonds is 6. The zero-order valence-electron chi connectivity index (χ0n) is 19.8. The standard InChI is InChI=1S/C26H24FN7O2/c1-3-21(20-10-9-18(27)13-29-20)34-26(36)33-24(32-34)22(17-11-15(2)30-19(12-17)14-35)23(31-25(33)28)16-7-5-4-6-8-16/h4-13,21,35H,3,14H2,1-2H3,(H2,28,30,31,32)/p+1. The Balaban J connectivity index is 1.85.